The van der Waals surface area contributed by atoms with Crippen molar-refractivity contribution in [2.45, 2.75) is 46.2 Å². The number of hydrogen-bond acceptors (Lipinski definition) is 4. The van der Waals surface area contributed by atoms with Crippen LogP contribution in [0.5, 0.6) is 0 Å². The van der Waals surface area contributed by atoms with Crippen LogP contribution in [0.3, 0.4) is 0 Å². The van der Waals surface area contributed by atoms with Crippen LogP contribution in [0.15, 0.2) is 15.5 Å². The van der Waals surface area contributed by atoms with Crippen LogP contribution in [0.4, 0.5) is 5.69 Å². The van der Waals surface area contributed by atoms with Gasteiger partial charge in [-0.3, -0.25) is 4.79 Å². The number of aliphatic hydroxyl groups excluding tert-OH is 1. The molecule has 19 heavy (non-hydrogen) atoms. The van der Waals surface area contributed by atoms with E-state index in [0.29, 0.717) is 29.0 Å². The van der Waals surface area contributed by atoms with Gasteiger partial charge >= 0.3 is 0 Å². The van der Waals surface area contributed by atoms with Crippen molar-refractivity contribution < 1.29 is 5.11 Å². The second kappa shape index (κ2) is 7.65. The van der Waals surface area contributed by atoms with Crippen molar-refractivity contribution >= 4 is 21.6 Å². The van der Waals surface area contributed by atoms with Crippen molar-refractivity contribution in [3.05, 3.63) is 21.0 Å². The summed E-state index contributed by atoms with van der Waals surface area (Å²) >= 11 is 3.33. The molecule has 0 amide bonds. The lowest BCUT2D eigenvalue weighted by Gasteiger charge is -2.23. The quantitative estimate of drug-likeness (QED) is 0.804. The topological polar surface area (TPSA) is 67.2 Å². The molecule has 0 aliphatic carbocycles. The van der Waals surface area contributed by atoms with Gasteiger partial charge in [-0.05, 0) is 34.7 Å². The highest BCUT2D eigenvalue weighted by Crippen LogP contribution is 2.20. The predicted octanol–water partition coefficient (Wildman–Crippen LogP) is 2.23. The van der Waals surface area contributed by atoms with Crippen LogP contribution in [0, 0.1) is 5.92 Å². The normalized spacial score (nSPS) is 12.7. The number of aryl methyl sites for hydroxylation is 1. The van der Waals surface area contributed by atoms with Gasteiger partial charge in [0.15, 0.2) is 0 Å². The van der Waals surface area contributed by atoms with Crippen LogP contribution in [0.1, 0.15) is 33.6 Å². The maximum Gasteiger partial charge on any atom is 0.283 e. The molecule has 0 aromatic carbocycles. The van der Waals surface area contributed by atoms with Gasteiger partial charge < -0.3 is 10.4 Å². The lowest BCUT2D eigenvalue weighted by molar-refractivity contribution is 0.267. The second-order valence-electron chi connectivity index (χ2n) is 4.91. The maximum atomic E-state index is 12.1. The molecule has 1 aromatic rings. The Bertz CT molecular complexity index is 460. The zero-order valence-electron chi connectivity index (χ0n) is 11.7. The van der Waals surface area contributed by atoms with Crippen LogP contribution in [-0.4, -0.2) is 27.5 Å². The average Bonchev–Trinajstić information content (AvgIpc) is 2.37. The Kier molecular flexibility index (Phi) is 6.51. The second-order valence-corrected chi connectivity index (χ2v) is 5.70. The van der Waals surface area contributed by atoms with E-state index < -0.39 is 0 Å². The molecule has 1 heterocycles. The van der Waals surface area contributed by atoms with E-state index >= 15 is 0 Å². The zero-order chi connectivity index (χ0) is 14.4. The number of nitrogens with zero attached hydrogens (tertiary/aromatic N) is 2. The Hall–Kier alpha value is -0.880. The molecule has 0 saturated heterocycles. The Labute approximate surface area is 122 Å². The van der Waals surface area contributed by atoms with Crippen LogP contribution in [-0.2, 0) is 6.54 Å². The lowest BCUT2D eigenvalue weighted by atomic mass is 10.0. The summed E-state index contributed by atoms with van der Waals surface area (Å²) in [6.07, 6.45) is 3.17. The largest absolute Gasteiger partial charge is 0.396 e. The van der Waals surface area contributed by atoms with Crippen LogP contribution < -0.4 is 10.9 Å². The van der Waals surface area contributed by atoms with E-state index in [9.17, 15) is 4.79 Å². The fourth-order valence-electron chi connectivity index (χ4n) is 1.85. The zero-order valence-corrected chi connectivity index (χ0v) is 13.3. The molecule has 1 unspecified atom stereocenters. The minimum absolute atomic E-state index is 0.115. The summed E-state index contributed by atoms with van der Waals surface area (Å²) in [7, 11) is 0. The molecule has 0 aliphatic rings. The van der Waals surface area contributed by atoms with E-state index in [1.165, 1.54) is 4.68 Å². The first kappa shape index (κ1) is 16.2. The number of hydrogen-bond donors (Lipinski definition) is 2. The summed E-state index contributed by atoms with van der Waals surface area (Å²) in [5.41, 5.74) is 0.558. The lowest BCUT2D eigenvalue weighted by Crippen LogP contribution is -2.30. The third-order valence-corrected chi connectivity index (χ3v) is 3.77. The van der Waals surface area contributed by atoms with Gasteiger partial charge in [0.1, 0.15) is 4.47 Å². The highest BCUT2D eigenvalue weighted by molar-refractivity contribution is 9.10. The monoisotopic (exact) mass is 331 g/mol. The average molecular weight is 332 g/mol. The first-order valence-corrected chi connectivity index (χ1v) is 7.43. The van der Waals surface area contributed by atoms with Crippen LogP contribution in [0.2, 0.25) is 0 Å². The Morgan fingerprint density at radius 1 is 1.53 bits per heavy atom. The molecule has 5 nitrogen and oxygen atoms in total. The number of anilines is 1. The van der Waals surface area contributed by atoms with E-state index in [1.54, 1.807) is 6.20 Å². The number of nitrogens with one attached hydrogen (secondary N) is 1. The predicted molar refractivity (Wildman–Crippen MR) is 80.4 cm³/mol. The van der Waals surface area contributed by atoms with Crippen molar-refractivity contribution in [2.75, 3.05) is 11.9 Å². The van der Waals surface area contributed by atoms with Crippen LogP contribution in [0.25, 0.3) is 0 Å². The van der Waals surface area contributed by atoms with E-state index in [1.807, 2.05) is 6.92 Å². The molecule has 1 atom stereocenters. The molecule has 0 bridgehead atoms. The van der Waals surface area contributed by atoms with E-state index in [0.717, 1.165) is 6.42 Å². The molecule has 0 aliphatic heterocycles. The number of aromatic nitrogens is 2. The first-order chi connectivity index (χ1) is 9.01. The number of halogens is 1. The van der Waals surface area contributed by atoms with Gasteiger partial charge in [0.2, 0.25) is 0 Å². The Balaban J connectivity index is 2.95. The van der Waals surface area contributed by atoms with Gasteiger partial charge in [0.05, 0.1) is 11.9 Å². The summed E-state index contributed by atoms with van der Waals surface area (Å²) in [6, 6.07) is 0.115. The molecule has 0 fully saturated rings. The summed E-state index contributed by atoms with van der Waals surface area (Å²) < 4.78 is 1.95. The van der Waals surface area contributed by atoms with Gasteiger partial charge in [-0.15, -0.1) is 0 Å². The highest BCUT2D eigenvalue weighted by Gasteiger charge is 2.16. The highest BCUT2D eigenvalue weighted by atomic mass is 79.9. The molecule has 1 rings (SSSR count). The van der Waals surface area contributed by atoms with Gasteiger partial charge in [-0.2, -0.15) is 5.10 Å². The number of aliphatic hydroxyl groups is 1. The standard InChI is InChI=1S/C13H22BrN3O2/c1-4-6-17-13(19)12(14)11(8-15-17)16-10(5-7-18)9(2)3/h8-10,16,18H,4-7H2,1-3H3. The van der Waals surface area contributed by atoms with E-state index in [2.05, 4.69) is 40.2 Å². The third-order valence-electron chi connectivity index (χ3n) is 3.01. The first-order valence-electron chi connectivity index (χ1n) is 6.64. The minimum Gasteiger partial charge on any atom is -0.396 e. The van der Waals surface area contributed by atoms with E-state index in [4.69, 9.17) is 5.11 Å². The summed E-state index contributed by atoms with van der Waals surface area (Å²) in [4.78, 5) is 12.1. The Morgan fingerprint density at radius 2 is 2.21 bits per heavy atom. The molecule has 0 saturated carbocycles. The summed E-state index contributed by atoms with van der Waals surface area (Å²) in [6.45, 7) is 6.89. The SMILES string of the molecule is CCCn1ncc(NC(CCO)C(C)C)c(Br)c1=O. The van der Waals surface area contributed by atoms with Crippen molar-refractivity contribution in [3.8, 4) is 0 Å². The van der Waals surface area contributed by atoms with Gasteiger partial charge in [0, 0.05) is 19.2 Å². The Morgan fingerprint density at radius 3 is 2.74 bits per heavy atom. The molecule has 0 spiro atoms. The van der Waals surface area contributed by atoms with Crippen molar-refractivity contribution in [2.24, 2.45) is 5.92 Å². The van der Waals surface area contributed by atoms with Gasteiger partial charge in [-0.25, -0.2) is 4.68 Å². The molecule has 0 radical (unpaired) electrons. The van der Waals surface area contributed by atoms with Crippen molar-refractivity contribution in [3.63, 3.8) is 0 Å². The van der Waals surface area contributed by atoms with Gasteiger partial charge in [0.25, 0.3) is 5.56 Å². The molecule has 6 heteroatoms. The smallest absolute Gasteiger partial charge is 0.283 e. The molecule has 2 N–H and O–H groups in total. The number of rotatable bonds is 7. The molecule has 1 aromatic heterocycles. The van der Waals surface area contributed by atoms with Crippen molar-refractivity contribution in [1.29, 1.82) is 0 Å². The summed E-state index contributed by atoms with van der Waals surface area (Å²) in [5, 5.41) is 16.5. The van der Waals surface area contributed by atoms with E-state index in [-0.39, 0.29) is 18.2 Å². The molecular weight excluding hydrogens is 310 g/mol. The molecule has 108 valence electrons. The fourth-order valence-corrected chi connectivity index (χ4v) is 2.27. The van der Waals surface area contributed by atoms with Crippen LogP contribution >= 0.6 is 15.9 Å². The minimum atomic E-state index is -0.127. The molecular formula is C13H22BrN3O2. The third kappa shape index (κ3) is 4.31. The fraction of sp³-hybridized carbons (Fsp3) is 0.692. The summed E-state index contributed by atoms with van der Waals surface area (Å²) in [5.74, 6) is 0.358. The van der Waals surface area contributed by atoms with Crippen molar-refractivity contribution in [1.82, 2.24) is 9.78 Å². The van der Waals surface area contributed by atoms with Gasteiger partial charge in [-0.1, -0.05) is 20.8 Å². The maximum absolute atomic E-state index is 12.1.